The van der Waals surface area contributed by atoms with E-state index in [1.54, 1.807) is 11.3 Å². The van der Waals surface area contributed by atoms with Crippen LogP contribution < -0.4 is 11.1 Å². The molecule has 6 heteroatoms. The Balaban J connectivity index is 2.63. The van der Waals surface area contributed by atoms with E-state index in [0.29, 0.717) is 19.4 Å². The predicted molar refractivity (Wildman–Crippen MR) is 77.5 cm³/mol. The van der Waals surface area contributed by atoms with Crippen molar-refractivity contribution in [2.24, 2.45) is 16.3 Å². The van der Waals surface area contributed by atoms with Crippen LogP contribution in [0.25, 0.3) is 0 Å². The molecule has 1 rings (SSSR count). The van der Waals surface area contributed by atoms with E-state index in [0.717, 1.165) is 6.42 Å². The third kappa shape index (κ3) is 3.47. The van der Waals surface area contributed by atoms with E-state index in [4.69, 9.17) is 10.9 Å². The minimum atomic E-state index is -0.913. The number of hydrogen-bond donors (Lipinski definition) is 3. The van der Waals surface area contributed by atoms with E-state index in [1.807, 2.05) is 25.3 Å². The van der Waals surface area contributed by atoms with Gasteiger partial charge in [0, 0.05) is 6.54 Å². The van der Waals surface area contributed by atoms with Crippen LogP contribution in [0.4, 0.5) is 0 Å². The molecule has 0 bridgehead atoms. The van der Waals surface area contributed by atoms with E-state index in [9.17, 15) is 4.79 Å². The quantitative estimate of drug-likeness (QED) is 0.309. The molecule has 0 saturated heterocycles. The molecule has 4 N–H and O–H groups in total. The summed E-state index contributed by atoms with van der Waals surface area (Å²) >= 11 is 1.64. The third-order valence-electron chi connectivity index (χ3n) is 3.52. The minimum Gasteiger partial charge on any atom is -0.409 e. The molecule has 0 aromatic carbocycles. The normalized spacial score (nSPS) is 12.4. The van der Waals surface area contributed by atoms with Crippen molar-refractivity contribution in [1.82, 2.24) is 5.32 Å². The van der Waals surface area contributed by atoms with Crippen molar-refractivity contribution in [1.29, 1.82) is 0 Å². The van der Waals surface area contributed by atoms with Gasteiger partial charge in [-0.05, 0) is 41.7 Å². The SMILES string of the molecule is CCC(CC)(C(=O)NCCc1ccsc1)C(N)=NO. The average molecular weight is 283 g/mol. The van der Waals surface area contributed by atoms with E-state index in [2.05, 4.69) is 15.9 Å². The average Bonchev–Trinajstić information content (AvgIpc) is 2.93. The van der Waals surface area contributed by atoms with Gasteiger partial charge in [-0.25, -0.2) is 0 Å². The van der Waals surface area contributed by atoms with Crippen LogP contribution in [0.3, 0.4) is 0 Å². The second-order valence-electron chi connectivity index (χ2n) is 4.41. The number of nitrogens with two attached hydrogens (primary N) is 1. The van der Waals surface area contributed by atoms with Crippen LogP contribution in [0, 0.1) is 5.41 Å². The van der Waals surface area contributed by atoms with Crippen molar-refractivity contribution in [3.8, 4) is 0 Å². The largest absolute Gasteiger partial charge is 0.409 e. The molecule has 5 nitrogen and oxygen atoms in total. The van der Waals surface area contributed by atoms with Crippen molar-refractivity contribution in [2.75, 3.05) is 6.54 Å². The fraction of sp³-hybridized carbons (Fsp3) is 0.538. The zero-order valence-corrected chi connectivity index (χ0v) is 12.2. The van der Waals surface area contributed by atoms with Gasteiger partial charge in [0.05, 0.1) is 0 Å². The summed E-state index contributed by atoms with van der Waals surface area (Å²) in [6.07, 6.45) is 1.79. The van der Waals surface area contributed by atoms with Crippen LogP contribution in [0.15, 0.2) is 22.0 Å². The topological polar surface area (TPSA) is 87.7 Å². The summed E-state index contributed by atoms with van der Waals surface area (Å²) in [5, 5.41) is 18.8. The summed E-state index contributed by atoms with van der Waals surface area (Å²) in [6.45, 7) is 4.27. The molecule has 1 aromatic rings. The predicted octanol–water partition coefficient (Wildman–Crippen LogP) is 1.96. The molecule has 19 heavy (non-hydrogen) atoms. The van der Waals surface area contributed by atoms with Gasteiger partial charge < -0.3 is 16.3 Å². The number of thiophene rings is 1. The number of carbonyl (C=O) groups excluding carboxylic acids is 1. The maximum atomic E-state index is 12.3. The van der Waals surface area contributed by atoms with Gasteiger partial charge in [0.15, 0.2) is 5.84 Å². The minimum absolute atomic E-state index is 0.0227. The van der Waals surface area contributed by atoms with Crippen LogP contribution in [-0.4, -0.2) is 23.5 Å². The lowest BCUT2D eigenvalue weighted by molar-refractivity contribution is -0.127. The Bertz CT molecular complexity index is 425. The number of nitrogens with one attached hydrogen (secondary N) is 1. The molecule has 0 radical (unpaired) electrons. The molecule has 1 aromatic heterocycles. The first-order valence-electron chi connectivity index (χ1n) is 6.38. The number of amidine groups is 1. The van der Waals surface area contributed by atoms with Crippen molar-refractivity contribution in [3.63, 3.8) is 0 Å². The second-order valence-corrected chi connectivity index (χ2v) is 5.19. The molecule has 0 aliphatic carbocycles. The Morgan fingerprint density at radius 1 is 1.53 bits per heavy atom. The number of carbonyl (C=O) groups is 1. The van der Waals surface area contributed by atoms with Gasteiger partial charge in [-0.2, -0.15) is 11.3 Å². The number of oxime groups is 1. The van der Waals surface area contributed by atoms with Crippen molar-refractivity contribution < 1.29 is 10.0 Å². The van der Waals surface area contributed by atoms with Gasteiger partial charge >= 0.3 is 0 Å². The fourth-order valence-corrected chi connectivity index (χ4v) is 2.77. The first-order valence-corrected chi connectivity index (χ1v) is 7.32. The molecule has 0 saturated carbocycles. The monoisotopic (exact) mass is 283 g/mol. The van der Waals surface area contributed by atoms with Crippen LogP contribution in [0.5, 0.6) is 0 Å². The highest BCUT2D eigenvalue weighted by molar-refractivity contribution is 7.07. The van der Waals surface area contributed by atoms with Crippen molar-refractivity contribution in [3.05, 3.63) is 22.4 Å². The van der Waals surface area contributed by atoms with Gasteiger partial charge in [0.25, 0.3) is 0 Å². The van der Waals surface area contributed by atoms with Gasteiger partial charge in [0.2, 0.25) is 5.91 Å². The summed E-state index contributed by atoms with van der Waals surface area (Å²) in [5.41, 5.74) is 5.97. The fourth-order valence-electron chi connectivity index (χ4n) is 2.07. The lowest BCUT2D eigenvalue weighted by Gasteiger charge is -2.28. The molecule has 0 unspecified atom stereocenters. The highest BCUT2D eigenvalue weighted by atomic mass is 32.1. The zero-order chi connectivity index (χ0) is 14.3. The number of nitrogens with zero attached hydrogens (tertiary/aromatic N) is 1. The van der Waals surface area contributed by atoms with Gasteiger partial charge in [0.1, 0.15) is 5.41 Å². The summed E-state index contributed by atoms with van der Waals surface area (Å²) in [7, 11) is 0. The van der Waals surface area contributed by atoms with Crippen LogP contribution in [0.2, 0.25) is 0 Å². The Morgan fingerprint density at radius 2 is 2.21 bits per heavy atom. The van der Waals surface area contributed by atoms with Crippen molar-refractivity contribution in [2.45, 2.75) is 33.1 Å². The highest BCUT2D eigenvalue weighted by Crippen LogP contribution is 2.26. The molecule has 0 fully saturated rings. The molecule has 106 valence electrons. The van der Waals surface area contributed by atoms with Crippen molar-refractivity contribution >= 4 is 23.1 Å². The molecule has 0 spiro atoms. The Morgan fingerprint density at radius 3 is 2.68 bits per heavy atom. The smallest absolute Gasteiger partial charge is 0.233 e. The molecule has 0 aliphatic heterocycles. The first kappa shape index (κ1) is 15.5. The lowest BCUT2D eigenvalue weighted by Crippen LogP contribution is -2.49. The maximum absolute atomic E-state index is 12.3. The van der Waals surface area contributed by atoms with E-state index in [1.165, 1.54) is 5.56 Å². The van der Waals surface area contributed by atoms with E-state index < -0.39 is 5.41 Å². The molecule has 1 heterocycles. The highest BCUT2D eigenvalue weighted by Gasteiger charge is 2.39. The summed E-state index contributed by atoms with van der Waals surface area (Å²) in [5.74, 6) is -0.200. The van der Waals surface area contributed by atoms with Gasteiger partial charge in [-0.15, -0.1) is 0 Å². The Kier molecular flexibility index (Phi) is 5.82. The summed E-state index contributed by atoms with van der Waals surface area (Å²) in [6, 6.07) is 2.03. The Hall–Kier alpha value is -1.56. The Labute approximate surface area is 117 Å². The molecular formula is C13H21N3O2S. The third-order valence-corrected chi connectivity index (χ3v) is 4.25. The second kappa shape index (κ2) is 7.13. The number of rotatable bonds is 7. The zero-order valence-electron chi connectivity index (χ0n) is 11.3. The number of amides is 1. The van der Waals surface area contributed by atoms with Crippen LogP contribution in [0.1, 0.15) is 32.3 Å². The standard InChI is InChI=1S/C13H21N3O2S/c1-3-13(4-2,11(14)16-18)12(17)15-7-5-10-6-8-19-9-10/h6,8-9,18H,3-5,7H2,1-2H3,(H2,14,16)(H,15,17). The van der Waals surface area contributed by atoms with Gasteiger partial charge in [-0.3, -0.25) is 4.79 Å². The number of hydrogen-bond acceptors (Lipinski definition) is 4. The molecule has 1 amide bonds. The van der Waals surface area contributed by atoms with Crippen LogP contribution >= 0.6 is 11.3 Å². The first-order chi connectivity index (χ1) is 9.10. The summed E-state index contributed by atoms with van der Waals surface area (Å²) in [4.78, 5) is 12.3. The van der Waals surface area contributed by atoms with E-state index >= 15 is 0 Å². The van der Waals surface area contributed by atoms with Crippen LogP contribution in [-0.2, 0) is 11.2 Å². The molecule has 0 aliphatic rings. The maximum Gasteiger partial charge on any atom is 0.233 e. The lowest BCUT2D eigenvalue weighted by atomic mass is 9.80. The summed E-state index contributed by atoms with van der Waals surface area (Å²) < 4.78 is 0. The molecule has 0 atom stereocenters. The van der Waals surface area contributed by atoms with E-state index in [-0.39, 0.29) is 11.7 Å². The molecular weight excluding hydrogens is 262 g/mol. The van der Waals surface area contributed by atoms with Gasteiger partial charge in [-0.1, -0.05) is 19.0 Å².